The van der Waals surface area contributed by atoms with Crippen LogP contribution in [0.3, 0.4) is 0 Å². The maximum absolute atomic E-state index is 12.6. The standard InChI is InChI=1S/C17H20N4O3/c1-11-18-16(20-24-11)15-10-21(6-7-23-15)17(22)19-14-8-12-4-2-3-5-13(12)9-14/h2-5,14-15H,6-10H2,1H3,(H,19,22)/t15-/m0/s1. The fourth-order valence-electron chi connectivity index (χ4n) is 3.36. The molecule has 1 N–H and O–H groups in total. The fraction of sp³-hybridized carbons (Fsp3) is 0.471. The lowest BCUT2D eigenvalue weighted by Gasteiger charge is -2.32. The summed E-state index contributed by atoms with van der Waals surface area (Å²) in [5.74, 6) is 0.997. The second kappa shape index (κ2) is 6.24. The number of urea groups is 1. The van der Waals surface area contributed by atoms with Crippen molar-refractivity contribution >= 4 is 6.03 Å². The number of aryl methyl sites for hydroxylation is 1. The SMILES string of the molecule is Cc1nc([C@@H]2CN(C(=O)NC3Cc4ccccc4C3)CCO2)no1. The minimum Gasteiger partial charge on any atom is -0.366 e. The van der Waals surface area contributed by atoms with Crippen LogP contribution in [0.1, 0.15) is 28.9 Å². The second-order valence-electron chi connectivity index (χ2n) is 6.30. The molecule has 2 heterocycles. The number of hydrogen-bond donors (Lipinski definition) is 1. The number of ether oxygens (including phenoxy) is 1. The molecule has 7 heteroatoms. The highest BCUT2D eigenvalue weighted by atomic mass is 16.5. The Bertz CT molecular complexity index is 720. The van der Waals surface area contributed by atoms with Gasteiger partial charge < -0.3 is 19.5 Å². The molecule has 7 nitrogen and oxygen atoms in total. The molecular weight excluding hydrogens is 308 g/mol. The first-order valence-corrected chi connectivity index (χ1v) is 8.23. The van der Waals surface area contributed by atoms with E-state index in [4.69, 9.17) is 9.26 Å². The quantitative estimate of drug-likeness (QED) is 0.906. The Morgan fingerprint density at radius 3 is 2.71 bits per heavy atom. The van der Waals surface area contributed by atoms with E-state index in [2.05, 4.69) is 27.6 Å². The third-order valence-corrected chi connectivity index (χ3v) is 4.56. The average molecular weight is 328 g/mol. The van der Waals surface area contributed by atoms with Crippen LogP contribution in [0.2, 0.25) is 0 Å². The van der Waals surface area contributed by atoms with E-state index in [1.807, 2.05) is 12.1 Å². The van der Waals surface area contributed by atoms with Crippen LogP contribution in [-0.4, -0.2) is 46.8 Å². The largest absolute Gasteiger partial charge is 0.366 e. The van der Waals surface area contributed by atoms with Gasteiger partial charge in [-0.3, -0.25) is 0 Å². The van der Waals surface area contributed by atoms with Gasteiger partial charge in [-0.05, 0) is 24.0 Å². The van der Waals surface area contributed by atoms with Crippen LogP contribution in [0, 0.1) is 6.92 Å². The van der Waals surface area contributed by atoms with Crippen molar-refractivity contribution in [1.29, 1.82) is 0 Å². The maximum Gasteiger partial charge on any atom is 0.317 e. The molecule has 1 aromatic carbocycles. The topological polar surface area (TPSA) is 80.5 Å². The third-order valence-electron chi connectivity index (χ3n) is 4.56. The highest BCUT2D eigenvalue weighted by molar-refractivity contribution is 5.75. The molecule has 1 aliphatic heterocycles. The molecule has 1 fully saturated rings. The fourth-order valence-corrected chi connectivity index (χ4v) is 3.36. The van der Waals surface area contributed by atoms with Gasteiger partial charge >= 0.3 is 6.03 Å². The highest BCUT2D eigenvalue weighted by Gasteiger charge is 2.30. The molecule has 126 valence electrons. The Morgan fingerprint density at radius 1 is 1.29 bits per heavy atom. The average Bonchev–Trinajstić information content (AvgIpc) is 3.20. The number of amides is 2. The Kier molecular flexibility index (Phi) is 3.93. The number of carbonyl (C=O) groups is 1. The first-order chi connectivity index (χ1) is 11.7. The molecule has 2 amide bonds. The summed E-state index contributed by atoms with van der Waals surface area (Å²) in [6.45, 7) is 3.21. The van der Waals surface area contributed by atoms with Crippen LogP contribution < -0.4 is 5.32 Å². The number of benzene rings is 1. The summed E-state index contributed by atoms with van der Waals surface area (Å²) in [5.41, 5.74) is 2.65. The first-order valence-electron chi connectivity index (χ1n) is 8.23. The Labute approximate surface area is 140 Å². The van der Waals surface area contributed by atoms with Gasteiger partial charge in [0.05, 0.1) is 13.2 Å². The summed E-state index contributed by atoms with van der Waals surface area (Å²) < 4.78 is 10.7. The number of nitrogens with one attached hydrogen (secondary N) is 1. The second-order valence-corrected chi connectivity index (χ2v) is 6.30. The number of aromatic nitrogens is 2. The summed E-state index contributed by atoms with van der Waals surface area (Å²) in [4.78, 5) is 18.5. The molecule has 1 saturated heterocycles. The molecule has 1 aliphatic carbocycles. The summed E-state index contributed by atoms with van der Waals surface area (Å²) in [5, 5.41) is 7.03. The van der Waals surface area contributed by atoms with E-state index in [9.17, 15) is 4.79 Å². The van der Waals surface area contributed by atoms with Crippen LogP contribution in [0.4, 0.5) is 4.79 Å². The van der Waals surface area contributed by atoms with Crippen LogP contribution in [0.15, 0.2) is 28.8 Å². The Morgan fingerprint density at radius 2 is 2.04 bits per heavy atom. The molecule has 0 radical (unpaired) electrons. The van der Waals surface area contributed by atoms with Crippen molar-refractivity contribution in [3.8, 4) is 0 Å². The van der Waals surface area contributed by atoms with Gasteiger partial charge in [-0.2, -0.15) is 4.98 Å². The molecule has 0 unspecified atom stereocenters. The molecule has 2 aromatic rings. The van der Waals surface area contributed by atoms with Crippen molar-refractivity contribution in [1.82, 2.24) is 20.4 Å². The van der Waals surface area contributed by atoms with Gasteiger partial charge in [-0.25, -0.2) is 4.79 Å². The molecule has 0 saturated carbocycles. The molecule has 0 spiro atoms. The number of fused-ring (bicyclic) bond motifs is 1. The first kappa shape index (κ1) is 15.1. The minimum atomic E-state index is -0.331. The minimum absolute atomic E-state index is 0.0543. The maximum atomic E-state index is 12.6. The lowest BCUT2D eigenvalue weighted by atomic mass is 10.1. The third kappa shape index (κ3) is 2.99. The molecule has 0 bridgehead atoms. The van der Waals surface area contributed by atoms with Gasteiger partial charge in [0.15, 0.2) is 0 Å². The summed E-state index contributed by atoms with van der Waals surface area (Å²) >= 11 is 0. The lowest BCUT2D eigenvalue weighted by Crippen LogP contribution is -2.50. The summed E-state index contributed by atoms with van der Waals surface area (Å²) in [7, 11) is 0. The van der Waals surface area contributed by atoms with Gasteiger partial charge in [0.25, 0.3) is 0 Å². The monoisotopic (exact) mass is 328 g/mol. The van der Waals surface area contributed by atoms with Crippen LogP contribution >= 0.6 is 0 Å². The summed E-state index contributed by atoms with van der Waals surface area (Å²) in [6, 6.07) is 8.45. The number of nitrogens with zero attached hydrogens (tertiary/aromatic N) is 3. The summed E-state index contributed by atoms with van der Waals surface area (Å²) in [6.07, 6.45) is 1.45. The van der Waals surface area contributed by atoms with Crippen molar-refractivity contribution in [2.45, 2.75) is 31.9 Å². The van der Waals surface area contributed by atoms with E-state index in [0.717, 1.165) is 12.8 Å². The van der Waals surface area contributed by atoms with Crippen molar-refractivity contribution in [3.05, 3.63) is 47.1 Å². The predicted molar refractivity (Wildman–Crippen MR) is 85.5 cm³/mol. The van der Waals surface area contributed by atoms with E-state index in [1.54, 1.807) is 11.8 Å². The molecule has 24 heavy (non-hydrogen) atoms. The molecule has 1 aromatic heterocycles. The van der Waals surface area contributed by atoms with Gasteiger partial charge in [0.1, 0.15) is 6.10 Å². The van der Waals surface area contributed by atoms with Crippen LogP contribution in [0.5, 0.6) is 0 Å². The smallest absolute Gasteiger partial charge is 0.317 e. The van der Waals surface area contributed by atoms with E-state index >= 15 is 0 Å². The number of hydrogen-bond acceptors (Lipinski definition) is 5. The zero-order valence-corrected chi connectivity index (χ0v) is 13.6. The Hall–Kier alpha value is -2.41. The number of morpholine rings is 1. The Balaban J connectivity index is 1.36. The van der Waals surface area contributed by atoms with Crippen molar-refractivity contribution in [2.24, 2.45) is 0 Å². The molecule has 1 atom stereocenters. The zero-order chi connectivity index (χ0) is 16.5. The molecule has 2 aliphatic rings. The van der Waals surface area contributed by atoms with Crippen LogP contribution in [-0.2, 0) is 17.6 Å². The van der Waals surface area contributed by atoms with E-state index in [1.165, 1.54) is 11.1 Å². The number of rotatable bonds is 2. The lowest BCUT2D eigenvalue weighted by molar-refractivity contribution is -0.0212. The molecule has 4 rings (SSSR count). The van der Waals surface area contributed by atoms with Crippen LogP contribution in [0.25, 0.3) is 0 Å². The number of carbonyl (C=O) groups excluding carboxylic acids is 1. The van der Waals surface area contributed by atoms with Crippen molar-refractivity contribution < 1.29 is 14.1 Å². The normalized spacial score (nSPS) is 20.9. The predicted octanol–water partition coefficient (Wildman–Crippen LogP) is 1.63. The van der Waals surface area contributed by atoms with Gasteiger partial charge in [0.2, 0.25) is 11.7 Å². The molecular formula is C17H20N4O3. The van der Waals surface area contributed by atoms with E-state index in [-0.39, 0.29) is 18.2 Å². The van der Waals surface area contributed by atoms with Gasteiger partial charge in [-0.15, -0.1) is 0 Å². The van der Waals surface area contributed by atoms with Crippen molar-refractivity contribution in [2.75, 3.05) is 19.7 Å². The van der Waals surface area contributed by atoms with Gasteiger partial charge in [-0.1, -0.05) is 29.4 Å². The highest BCUT2D eigenvalue weighted by Crippen LogP contribution is 2.23. The van der Waals surface area contributed by atoms with E-state index in [0.29, 0.717) is 31.4 Å². The van der Waals surface area contributed by atoms with Gasteiger partial charge in [0, 0.05) is 19.5 Å². The van der Waals surface area contributed by atoms with Crippen molar-refractivity contribution in [3.63, 3.8) is 0 Å². The zero-order valence-electron chi connectivity index (χ0n) is 13.6. The van der Waals surface area contributed by atoms with E-state index < -0.39 is 0 Å².